The van der Waals surface area contributed by atoms with Gasteiger partial charge >= 0.3 is 0 Å². The van der Waals surface area contributed by atoms with Crippen LogP contribution in [-0.2, 0) is 0 Å². The first kappa shape index (κ1) is 13.3. The smallest absolute Gasteiger partial charge is 0.267 e. The maximum atomic E-state index is 11.1. The van der Waals surface area contributed by atoms with Crippen LogP contribution in [-0.4, -0.2) is 24.5 Å². The molecular weight excluding hydrogens is 216 g/mol. The summed E-state index contributed by atoms with van der Waals surface area (Å²) in [4.78, 5) is 17.2. The van der Waals surface area contributed by atoms with Gasteiger partial charge in [-0.3, -0.25) is 4.79 Å². The van der Waals surface area contributed by atoms with Crippen molar-refractivity contribution in [2.75, 3.05) is 24.2 Å². The second kappa shape index (κ2) is 5.52. The third-order valence-electron chi connectivity index (χ3n) is 2.80. The quantitative estimate of drug-likeness (QED) is 0.805. The molecule has 94 valence electrons. The molecule has 0 aliphatic carbocycles. The zero-order chi connectivity index (χ0) is 13.0. The van der Waals surface area contributed by atoms with E-state index >= 15 is 0 Å². The van der Waals surface area contributed by atoms with Crippen LogP contribution in [0.15, 0.2) is 12.1 Å². The van der Waals surface area contributed by atoms with Crippen molar-refractivity contribution in [1.29, 1.82) is 0 Å². The van der Waals surface area contributed by atoms with Crippen molar-refractivity contribution in [3.8, 4) is 0 Å². The van der Waals surface area contributed by atoms with E-state index in [1.807, 2.05) is 11.9 Å². The number of rotatable bonds is 5. The summed E-state index contributed by atoms with van der Waals surface area (Å²) in [6, 6.07) is 3.20. The first-order valence-electron chi connectivity index (χ1n) is 5.73. The predicted molar refractivity (Wildman–Crippen MR) is 69.9 cm³/mol. The predicted octanol–water partition coefficient (Wildman–Crippen LogP) is 1.24. The van der Waals surface area contributed by atoms with Crippen molar-refractivity contribution >= 4 is 17.4 Å². The molecular formula is C12H20N4O. The van der Waals surface area contributed by atoms with Crippen molar-refractivity contribution in [3.05, 3.63) is 17.8 Å². The Bertz CT molecular complexity index is 405. The molecule has 0 radical (unpaired) electrons. The van der Waals surface area contributed by atoms with E-state index < -0.39 is 5.91 Å². The van der Waals surface area contributed by atoms with Crippen molar-refractivity contribution in [3.63, 3.8) is 0 Å². The average Bonchev–Trinajstić information content (AvgIpc) is 2.28. The Labute approximate surface area is 102 Å². The summed E-state index contributed by atoms with van der Waals surface area (Å²) in [5, 5.41) is 0. The fourth-order valence-electron chi connectivity index (χ4n) is 1.59. The van der Waals surface area contributed by atoms with Crippen LogP contribution in [0.1, 0.15) is 30.8 Å². The zero-order valence-corrected chi connectivity index (χ0v) is 10.6. The normalized spacial score (nSPS) is 12.2. The number of carbonyl (C=O) groups excluding carboxylic acids is 1. The molecule has 1 atom stereocenters. The number of anilines is 2. The summed E-state index contributed by atoms with van der Waals surface area (Å²) in [6.45, 7) is 5.13. The van der Waals surface area contributed by atoms with Crippen LogP contribution < -0.4 is 16.4 Å². The van der Waals surface area contributed by atoms with Crippen LogP contribution in [0.2, 0.25) is 0 Å². The van der Waals surface area contributed by atoms with Gasteiger partial charge in [-0.15, -0.1) is 0 Å². The number of aromatic nitrogens is 1. The summed E-state index contributed by atoms with van der Waals surface area (Å²) in [7, 11) is 1.91. The Morgan fingerprint density at radius 1 is 1.53 bits per heavy atom. The molecule has 1 amide bonds. The van der Waals surface area contributed by atoms with Crippen LogP contribution in [0.4, 0.5) is 11.5 Å². The number of amides is 1. The minimum atomic E-state index is -0.539. The third kappa shape index (κ3) is 3.34. The molecule has 0 saturated heterocycles. The van der Waals surface area contributed by atoms with E-state index in [2.05, 4.69) is 18.8 Å². The van der Waals surface area contributed by atoms with E-state index in [0.717, 1.165) is 13.0 Å². The minimum Gasteiger partial charge on any atom is -0.396 e. The molecule has 5 nitrogen and oxygen atoms in total. The van der Waals surface area contributed by atoms with Crippen molar-refractivity contribution in [2.45, 2.75) is 20.3 Å². The second-order valence-corrected chi connectivity index (χ2v) is 4.37. The van der Waals surface area contributed by atoms with Gasteiger partial charge < -0.3 is 16.4 Å². The molecule has 0 fully saturated rings. The fraction of sp³-hybridized carbons (Fsp3) is 0.500. The Morgan fingerprint density at radius 2 is 2.18 bits per heavy atom. The van der Waals surface area contributed by atoms with Crippen LogP contribution >= 0.6 is 0 Å². The van der Waals surface area contributed by atoms with Crippen LogP contribution in [0.3, 0.4) is 0 Å². The highest BCUT2D eigenvalue weighted by Gasteiger charge is 2.12. The Balaban J connectivity index is 2.95. The number of hydrogen-bond acceptors (Lipinski definition) is 4. The first-order chi connectivity index (χ1) is 7.95. The lowest BCUT2D eigenvalue weighted by Crippen LogP contribution is -2.26. The van der Waals surface area contributed by atoms with Gasteiger partial charge in [-0.05, 0) is 18.1 Å². The van der Waals surface area contributed by atoms with Crippen molar-refractivity contribution in [2.24, 2.45) is 11.7 Å². The van der Waals surface area contributed by atoms with Crippen LogP contribution in [0, 0.1) is 5.92 Å². The largest absolute Gasteiger partial charge is 0.396 e. The highest BCUT2D eigenvalue weighted by atomic mass is 16.1. The summed E-state index contributed by atoms with van der Waals surface area (Å²) < 4.78 is 0. The van der Waals surface area contributed by atoms with E-state index in [0.29, 0.717) is 17.4 Å². The number of carbonyl (C=O) groups is 1. The zero-order valence-electron chi connectivity index (χ0n) is 10.6. The highest BCUT2D eigenvalue weighted by Crippen LogP contribution is 2.20. The molecule has 1 aromatic rings. The van der Waals surface area contributed by atoms with Crippen molar-refractivity contribution < 1.29 is 4.79 Å². The summed E-state index contributed by atoms with van der Waals surface area (Å²) >= 11 is 0. The van der Waals surface area contributed by atoms with Crippen LogP contribution in [0.25, 0.3) is 0 Å². The molecule has 0 spiro atoms. The molecule has 1 aromatic heterocycles. The van der Waals surface area contributed by atoms with Gasteiger partial charge in [0.15, 0.2) is 5.82 Å². The Kier molecular flexibility index (Phi) is 4.31. The third-order valence-corrected chi connectivity index (χ3v) is 2.80. The maximum Gasteiger partial charge on any atom is 0.267 e. The standard InChI is InChI=1S/C12H20N4O/c1-4-8(2)7-16(3)12-9(13)5-6-10(15-12)11(14)17/h5-6,8H,4,7,13H2,1-3H3,(H2,14,17). The summed E-state index contributed by atoms with van der Waals surface area (Å²) in [5.41, 5.74) is 11.8. The molecule has 0 saturated carbocycles. The number of pyridine rings is 1. The van der Waals surface area contributed by atoms with E-state index in [1.54, 1.807) is 6.07 Å². The topological polar surface area (TPSA) is 85.2 Å². The van der Waals surface area contributed by atoms with Gasteiger partial charge in [0.25, 0.3) is 5.91 Å². The maximum absolute atomic E-state index is 11.1. The average molecular weight is 236 g/mol. The highest BCUT2D eigenvalue weighted by molar-refractivity contribution is 5.91. The summed E-state index contributed by atoms with van der Waals surface area (Å²) in [5.74, 6) is 0.614. The van der Waals surface area contributed by atoms with E-state index in [4.69, 9.17) is 11.5 Å². The molecule has 17 heavy (non-hydrogen) atoms. The SMILES string of the molecule is CCC(C)CN(C)c1nc(C(N)=O)ccc1N. The van der Waals surface area contributed by atoms with E-state index in [9.17, 15) is 4.79 Å². The molecule has 1 unspecified atom stereocenters. The van der Waals surface area contributed by atoms with Crippen molar-refractivity contribution in [1.82, 2.24) is 4.98 Å². The number of hydrogen-bond donors (Lipinski definition) is 2. The Hall–Kier alpha value is -1.78. The lowest BCUT2D eigenvalue weighted by Gasteiger charge is -2.23. The lowest BCUT2D eigenvalue weighted by atomic mass is 10.1. The van der Waals surface area contributed by atoms with E-state index in [-0.39, 0.29) is 5.69 Å². The van der Waals surface area contributed by atoms with Crippen LogP contribution in [0.5, 0.6) is 0 Å². The fourth-order valence-corrected chi connectivity index (χ4v) is 1.59. The lowest BCUT2D eigenvalue weighted by molar-refractivity contribution is 0.0995. The Morgan fingerprint density at radius 3 is 2.71 bits per heavy atom. The number of primary amides is 1. The van der Waals surface area contributed by atoms with Gasteiger partial charge in [-0.25, -0.2) is 4.98 Å². The van der Waals surface area contributed by atoms with Gasteiger partial charge in [0, 0.05) is 13.6 Å². The molecule has 0 aliphatic rings. The molecule has 1 heterocycles. The van der Waals surface area contributed by atoms with Gasteiger partial charge in [0.05, 0.1) is 5.69 Å². The number of nitrogen functional groups attached to an aromatic ring is 1. The summed E-state index contributed by atoms with van der Waals surface area (Å²) in [6.07, 6.45) is 1.08. The van der Waals surface area contributed by atoms with E-state index in [1.165, 1.54) is 6.07 Å². The monoisotopic (exact) mass is 236 g/mol. The second-order valence-electron chi connectivity index (χ2n) is 4.37. The first-order valence-corrected chi connectivity index (χ1v) is 5.73. The molecule has 0 aliphatic heterocycles. The number of nitrogens with two attached hydrogens (primary N) is 2. The minimum absolute atomic E-state index is 0.241. The van der Waals surface area contributed by atoms with Gasteiger partial charge in [0.2, 0.25) is 0 Å². The molecule has 0 bridgehead atoms. The molecule has 0 aromatic carbocycles. The van der Waals surface area contributed by atoms with Gasteiger partial charge in [-0.1, -0.05) is 20.3 Å². The molecule has 1 rings (SSSR count). The molecule has 5 heteroatoms. The number of nitrogens with zero attached hydrogens (tertiary/aromatic N) is 2. The van der Waals surface area contributed by atoms with Gasteiger partial charge in [-0.2, -0.15) is 0 Å². The molecule has 4 N–H and O–H groups in total. The van der Waals surface area contributed by atoms with Gasteiger partial charge in [0.1, 0.15) is 5.69 Å².